The van der Waals surface area contributed by atoms with E-state index in [9.17, 15) is 4.79 Å². The standard InChI is InChI=1S/C11H18N6O/c1-7-5-13-11(16-12)15-10(7)14-8-3-4-9(18)17(2)6-8/h5,8H,3-4,6,12H2,1-2H3,(H2,13,14,15,16). The lowest BCUT2D eigenvalue weighted by molar-refractivity contribution is -0.132. The third-order valence-corrected chi connectivity index (χ3v) is 3.07. The second-order valence-electron chi connectivity index (χ2n) is 4.52. The number of likely N-dealkylation sites (N-methyl/N-ethyl adjacent to an activating group) is 1. The van der Waals surface area contributed by atoms with Crippen LogP contribution in [-0.4, -0.2) is 40.4 Å². The normalized spacial score (nSPS) is 19.8. The van der Waals surface area contributed by atoms with Gasteiger partial charge in [-0.25, -0.2) is 10.8 Å². The van der Waals surface area contributed by atoms with Crippen LogP contribution in [0.5, 0.6) is 0 Å². The number of anilines is 2. The average molecular weight is 250 g/mol. The fourth-order valence-electron chi connectivity index (χ4n) is 1.98. The summed E-state index contributed by atoms with van der Waals surface area (Å²) in [6.07, 6.45) is 3.10. The van der Waals surface area contributed by atoms with Crippen molar-refractivity contribution in [3.8, 4) is 0 Å². The van der Waals surface area contributed by atoms with Gasteiger partial charge in [0.2, 0.25) is 11.9 Å². The van der Waals surface area contributed by atoms with E-state index in [4.69, 9.17) is 5.84 Å². The summed E-state index contributed by atoms with van der Waals surface area (Å²) in [5, 5.41) is 3.33. The van der Waals surface area contributed by atoms with Gasteiger partial charge in [0, 0.05) is 37.8 Å². The molecule has 1 aliphatic heterocycles. The lowest BCUT2D eigenvalue weighted by Crippen LogP contribution is -2.43. The van der Waals surface area contributed by atoms with Crippen LogP contribution in [0.15, 0.2) is 6.20 Å². The predicted octanol–water partition coefficient (Wildman–Crippen LogP) is 0.103. The number of rotatable bonds is 3. The molecule has 1 atom stereocenters. The topological polar surface area (TPSA) is 96.2 Å². The average Bonchev–Trinajstić information content (AvgIpc) is 2.36. The first-order chi connectivity index (χ1) is 8.60. The minimum absolute atomic E-state index is 0.191. The molecule has 1 aromatic heterocycles. The minimum atomic E-state index is 0.191. The molecular formula is C11H18N6O. The largest absolute Gasteiger partial charge is 0.365 e. The van der Waals surface area contributed by atoms with Crippen LogP contribution in [0, 0.1) is 6.92 Å². The van der Waals surface area contributed by atoms with Crippen LogP contribution in [0.1, 0.15) is 18.4 Å². The van der Waals surface area contributed by atoms with Gasteiger partial charge >= 0.3 is 0 Å². The first-order valence-electron chi connectivity index (χ1n) is 5.91. The minimum Gasteiger partial charge on any atom is -0.365 e. The number of aryl methyl sites for hydroxylation is 1. The molecule has 7 heteroatoms. The van der Waals surface area contributed by atoms with Crippen LogP contribution in [0.3, 0.4) is 0 Å². The molecule has 0 radical (unpaired) electrons. The van der Waals surface area contributed by atoms with Crippen LogP contribution in [0.2, 0.25) is 0 Å². The summed E-state index contributed by atoms with van der Waals surface area (Å²) in [6, 6.07) is 0.215. The molecule has 98 valence electrons. The number of hydrogen-bond donors (Lipinski definition) is 3. The van der Waals surface area contributed by atoms with Crippen molar-refractivity contribution in [2.45, 2.75) is 25.8 Å². The lowest BCUT2D eigenvalue weighted by Gasteiger charge is -2.30. The zero-order valence-corrected chi connectivity index (χ0v) is 10.6. The van der Waals surface area contributed by atoms with E-state index in [1.807, 2.05) is 14.0 Å². The first-order valence-corrected chi connectivity index (χ1v) is 5.91. The highest BCUT2D eigenvalue weighted by molar-refractivity contribution is 5.77. The van der Waals surface area contributed by atoms with E-state index < -0.39 is 0 Å². The smallest absolute Gasteiger partial charge is 0.239 e. The molecule has 0 aromatic carbocycles. The molecule has 1 aliphatic rings. The maximum atomic E-state index is 11.4. The zero-order chi connectivity index (χ0) is 13.1. The molecule has 1 fully saturated rings. The van der Waals surface area contributed by atoms with Crippen molar-refractivity contribution in [2.75, 3.05) is 24.3 Å². The van der Waals surface area contributed by atoms with Crippen molar-refractivity contribution in [3.63, 3.8) is 0 Å². The van der Waals surface area contributed by atoms with Gasteiger partial charge < -0.3 is 10.2 Å². The summed E-state index contributed by atoms with van der Waals surface area (Å²) in [6.45, 7) is 2.62. The third-order valence-electron chi connectivity index (χ3n) is 3.07. The second-order valence-corrected chi connectivity index (χ2v) is 4.52. The Morgan fingerprint density at radius 3 is 3.00 bits per heavy atom. The maximum absolute atomic E-state index is 11.4. The summed E-state index contributed by atoms with van der Waals surface area (Å²) in [5.41, 5.74) is 3.37. The molecule has 1 saturated heterocycles. The van der Waals surface area contributed by atoms with Crippen molar-refractivity contribution in [2.24, 2.45) is 5.84 Å². The maximum Gasteiger partial charge on any atom is 0.239 e. The number of carbonyl (C=O) groups is 1. The number of carbonyl (C=O) groups excluding carboxylic acids is 1. The molecule has 2 rings (SSSR count). The molecule has 4 N–H and O–H groups in total. The van der Waals surface area contributed by atoms with Gasteiger partial charge in [-0.2, -0.15) is 4.98 Å². The van der Waals surface area contributed by atoms with Gasteiger partial charge in [0.15, 0.2) is 0 Å². The Bertz CT molecular complexity index is 449. The van der Waals surface area contributed by atoms with E-state index in [-0.39, 0.29) is 11.9 Å². The number of hydrogen-bond acceptors (Lipinski definition) is 6. The van der Waals surface area contributed by atoms with E-state index >= 15 is 0 Å². The van der Waals surface area contributed by atoms with Gasteiger partial charge in [0.25, 0.3) is 0 Å². The number of nitrogens with zero attached hydrogens (tertiary/aromatic N) is 3. The quantitative estimate of drug-likeness (QED) is 0.520. The van der Waals surface area contributed by atoms with E-state index in [1.165, 1.54) is 0 Å². The molecule has 18 heavy (non-hydrogen) atoms. The second kappa shape index (κ2) is 5.18. The van der Waals surface area contributed by atoms with Gasteiger partial charge in [0.05, 0.1) is 0 Å². The van der Waals surface area contributed by atoms with E-state index in [0.717, 1.165) is 17.8 Å². The van der Waals surface area contributed by atoms with Crippen LogP contribution >= 0.6 is 0 Å². The molecule has 1 amide bonds. The Balaban J connectivity index is 2.07. The number of nitrogens with one attached hydrogen (secondary N) is 2. The molecule has 0 bridgehead atoms. The highest BCUT2D eigenvalue weighted by Gasteiger charge is 2.23. The summed E-state index contributed by atoms with van der Waals surface area (Å²) in [7, 11) is 1.82. The Kier molecular flexibility index (Phi) is 3.61. The third kappa shape index (κ3) is 2.67. The molecular weight excluding hydrogens is 232 g/mol. The van der Waals surface area contributed by atoms with Gasteiger partial charge in [-0.15, -0.1) is 0 Å². The Hall–Kier alpha value is -1.89. The van der Waals surface area contributed by atoms with E-state index in [2.05, 4.69) is 20.7 Å². The Morgan fingerprint density at radius 1 is 1.56 bits per heavy atom. The first kappa shape index (κ1) is 12.6. The zero-order valence-electron chi connectivity index (χ0n) is 10.6. The number of nitrogens with two attached hydrogens (primary N) is 1. The van der Waals surface area contributed by atoms with E-state index in [0.29, 0.717) is 18.9 Å². The molecule has 1 aromatic rings. The SMILES string of the molecule is Cc1cnc(NN)nc1NC1CCC(=O)N(C)C1. The predicted molar refractivity (Wildman–Crippen MR) is 68.9 cm³/mol. The monoisotopic (exact) mass is 250 g/mol. The van der Waals surface area contributed by atoms with Crippen LogP contribution < -0.4 is 16.6 Å². The molecule has 0 spiro atoms. The van der Waals surface area contributed by atoms with Crippen molar-refractivity contribution >= 4 is 17.7 Å². The summed E-state index contributed by atoms with van der Waals surface area (Å²) in [4.78, 5) is 21.4. The number of amides is 1. The number of nitrogen functional groups attached to an aromatic ring is 1. The highest BCUT2D eigenvalue weighted by atomic mass is 16.2. The van der Waals surface area contributed by atoms with E-state index in [1.54, 1.807) is 11.1 Å². The van der Waals surface area contributed by atoms with Gasteiger partial charge in [-0.1, -0.05) is 0 Å². The van der Waals surface area contributed by atoms with Crippen molar-refractivity contribution in [1.82, 2.24) is 14.9 Å². The Labute approximate surface area is 106 Å². The van der Waals surface area contributed by atoms with Gasteiger partial charge in [0.1, 0.15) is 5.82 Å². The summed E-state index contributed by atoms with van der Waals surface area (Å²) < 4.78 is 0. The van der Waals surface area contributed by atoms with Gasteiger partial charge in [-0.3, -0.25) is 10.2 Å². The van der Waals surface area contributed by atoms with Crippen molar-refractivity contribution in [1.29, 1.82) is 0 Å². The van der Waals surface area contributed by atoms with Crippen LogP contribution in [0.4, 0.5) is 11.8 Å². The molecule has 2 heterocycles. The number of hydrazine groups is 1. The highest BCUT2D eigenvalue weighted by Crippen LogP contribution is 2.18. The number of piperidine rings is 1. The number of likely N-dealkylation sites (tertiary alicyclic amines) is 1. The summed E-state index contributed by atoms with van der Waals surface area (Å²) >= 11 is 0. The van der Waals surface area contributed by atoms with Crippen LogP contribution in [0.25, 0.3) is 0 Å². The molecule has 0 saturated carbocycles. The lowest BCUT2D eigenvalue weighted by atomic mass is 10.1. The Morgan fingerprint density at radius 2 is 2.33 bits per heavy atom. The van der Waals surface area contributed by atoms with Crippen molar-refractivity contribution < 1.29 is 4.79 Å². The fraction of sp³-hybridized carbons (Fsp3) is 0.545. The molecule has 0 aliphatic carbocycles. The summed E-state index contributed by atoms with van der Waals surface area (Å²) in [5.74, 6) is 6.61. The fourth-order valence-corrected chi connectivity index (χ4v) is 1.98. The van der Waals surface area contributed by atoms with Gasteiger partial charge in [-0.05, 0) is 13.3 Å². The van der Waals surface area contributed by atoms with Crippen molar-refractivity contribution in [3.05, 3.63) is 11.8 Å². The number of aromatic nitrogens is 2. The molecule has 7 nitrogen and oxygen atoms in total. The van der Waals surface area contributed by atoms with Crippen LogP contribution in [-0.2, 0) is 4.79 Å². The molecule has 1 unspecified atom stereocenters.